The van der Waals surface area contributed by atoms with Gasteiger partial charge in [-0.15, -0.1) is 0 Å². The molecule has 0 amide bonds. The third-order valence-corrected chi connectivity index (χ3v) is 6.38. The summed E-state index contributed by atoms with van der Waals surface area (Å²) in [6.07, 6.45) is 8.31. The summed E-state index contributed by atoms with van der Waals surface area (Å²) in [7, 11) is 1.66. The average Bonchev–Trinajstić information content (AvgIpc) is 3.14. The van der Waals surface area contributed by atoms with Crippen LogP contribution in [0.25, 0.3) is 27.7 Å². The molecule has 0 aliphatic heterocycles. The van der Waals surface area contributed by atoms with E-state index >= 15 is 0 Å². The molecule has 2 atom stereocenters. The molecule has 0 bridgehead atoms. The van der Waals surface area contributed by atoms with Gasteiger partial charge in [0.2, 0.25) is 0 Å². The van der Waals surface area contributed by atoms with Crippen molar-refractivity contribution < 1.29 is 4.74 Å². The van der Waals surface area contributed by atoms with Crippen LogP contribution in [-0.4, -0.2) is 26.3 Å². The summed E-state index contributed by atoms with van der Waals surface area (Å²) in [4.78, 5) is 18.0. The van der Waals surface area contributed by atoms with Gasteiger partial charge < -0.3 is 9.30 Å². The Labute approximate surface area is 175 Å². The van der Waals surface area contributed by atoms with E-state index in [0.29, 0.717) is 17.9 Å². The zero-order valence-electron chi connectivity index (χ0n) is 17.4. The first-order valence-electron chi connectivity index (χ1n) is 10.6. The lowest BCUT2D eigenvalue weighted by Gasteiger charge is -2.30. The summed E-state index contributed by atoms with van der Waals surface area (Å²) in [6.45, 7) is 2.63. The van der Waals surface area contributed by atoms with Crippen molar-refractivity contribution in [3.63, 3.8) is 0 Å². The minimum absolute atomic E-state index is 0.0192. The van der Waals surface area contributed by atoms with Crippen LogP contribution in [0.2, 0.25) is 0 Å². The average molecular weight is 402 g/mol. The molecule has 6 nitrogen and oxygen atoms in total. The van der Waals surface area contributed by atoms with Crippen molar-refractivity contribution in [2.45, 2.75) is 45.3 Å². The highest BCUT2D eigenvalue weighted by molar-refractivity contribution is 5.86. The van der Waals surface area contributed by atoms with E-state index in [0.717, 1.165) is 34.4 Å². The first-order valence-corrected chi connectivity index (χ1v) is 10.6. The third kappa shape index (κ3) is 3.03. The number of nitrogens with zero attached hydrogens (tertiary/aromatic N) is 4. The van der Waals surface area contributed by atoms with Crippen LogP contribution in [0.5, 0.6) is 0 Å². The zero-order chi connectivity index (χ0) is 20.7. The molecule has 1 aromatic carbocycles. The van der Waals surface area contributed by atoms with Gasteiger partial charge in [-0.3, -0.25) is 4.79 Å². The van der Waals surface area contributed by atoms with Crippen LogP contribution in [-0.2, 0) is 11.3 Å². The molecular weight excluding hydrogens is 376 g/mol. The van der Waals surface area contributed by atoms with E-state index in [-0.39, 0.29) is 11.6 Å². The van der Waals surface area contributed by atoms with Crippen LogP contribution < -0.4 is 5.56 Å². The zero-order valence-corrected chi connectivity index (χ0v) is 17.4. The Balaban J connectivity index is 1.72. The van der Waals surface area contributed by atoms with Crippen LogP contribution in [0, 0.1) is 5.92 Å². The van der Waals surface area contributed by atoms with Gasteiger partial charge in [0, 0.05) is 25.5 Å². The Hall–Kier alpha value is -2.99. The van der Waals surface area contributed by atoms with E-state index < -0.39 is 0 Å². The molecule has 1 saturated carbocycles. The highest BCUT2D eigenvalue weighted by atomic mass is 16.5. The maximum absolute atomic E-state index is 13.4. The highest BCUT2D eigenvalue weighted by Gasteiger charge is 2.25. The number of hydrogen-bond acceptors (Lipinski definition) is 4. The summed E-state index contributed by atoms with van der Waals surface area (Å²) in [6, 6.07) is 12.3. The molecule has 30 heavy (non-hydrogen) atoms. The molecule has 0 N–H and O–H groups in total. The Kier molecular flexibility index (Phi) is 4.87. The smallest absolute Gasteiger partial charge is 0.261 e. The SMILES string of the molecule is COCc1nn2c(ncc3c(=O)n([C@@H]4CCCC[C@@H]4C)ccc32)c1-c1ccccc1. The topological polar surface area (TPSA) is 61.4 Å². The number of ether oxygens (including phenoxy) is 1. The van der Waals surface area contributed by atoms with E-state index in [9.17, 15) is 4.79 Å². The molecule has 154 valence electrons. The van der Waals surface area contributed by atoms with Gasteiger partial charge in [0.1, 0.15) is 0 Å². The molecule has 3 aromatic heterocycles. The number of fused-ring (bicyclic) bond motifs is 3. The molecule has 0 saturated heterocycles. The number of benzene rings is 1. The van der Waals surface area contributed by atoms with Gasteiger partial charge in [-0.05, 0) is 30.4 Å². The quantitative estimate of drug-likeness (QED) is 0.500. The molecule has 0 spiro atoms. The predicted octanol–water partition coefficient (Wildman–Crippen LogP) is 4.61. The van der Waals surface area contributed by atoms with Gasteiger partial charge >= 0.3 is 0 Å². The molecule has 6 heteroatoms. The number of pyridine rings is 1. The monoisotopic (exact) mass is 402 g/mol. The second-order valence-corrected chi connectivity index (χ2v) is 8.27. The Morgan fingerprint density at radius 2 is 1.93 bits per heavy atom. The summed E-state index contributed by atoms with van der Waals surface area (Å²) >= 11 is 0. The van der Waals surface area contributed by atoms with Crippen LogP contribution >= 0.6 is 0 Å². The number of methoxy groups -OCH3 is 1. The van der Waals surface area contributed by atoms with Gasteiger partial charge in [0.05, 0.1) is 28.8 Å². The lowest BCUT2D eigenvalue weighted by molar-refractivity contribution is 0.181. The second kappa shape index (κ2) is 7.69. The van der Waals surface area contributed by atoms with E-state index in [1.54, 1.807) is 17.8 Å². The van der Waals surface area contributed by atoms with Gasteiger partial charge in [-0.2, -0.15) is 5.10 Å². The van der Waals surface area contributed by atoms with E-state index in [1.165, 1.54) is 19.3 Å². The first-order chi connectivity index (χ1) is 14.7. The minimum atomic E-state index is 0.0192. The van der Waals surface area contributed by atoms with E-state index in [4.69, 9.17) is 9.84 Å². The van der Waals surface area contributed by atoms with Crippen molar-refractivity contribution in [2.75, 3.05) is 7.11 Å². The van der Waals surface area contributed by atoms with Gasteiger partial charge in [-0.25, -0.2) is 9.50 Å². The van der Waals surface area contributed by atoms with Crippen molar-refractivity contribution in [2.24, 2.45) is 5.92 Å². The molecular formula is C24H26N4O2. The second-order valence-electron chi connectivity index (χ2n) is 8.27. The van der Waals surface area contributed by atoms with Gasteiger partial charge in [0.15, 0.2) is 5.65 Å². The van der Waals surface area contributed by atoms with E-state index in [1.807, 2.05) is 47.2 Å². The highest BCUT2D eigenvalue weighted by Crippen LogP contribution is 2.33. The maximum Gasteiger partial charge on any atom is 0.261 e. The van der Waals surface area contributed by atoms with Crippen LogP contribution in [0.15, 0.2) is 53.6 Å². The molecule has 4 aromatic rings. The van der Waals surface area contributed by atoms with Crippen molar-refractivity contribution in [1.29, 1.82) is 0 Å². The summed E-state index contributed by atoms with van der Waals surface area (Å²) in [5.74, 6) is 0.508. The molecule has 1 fully saturated rings. The fraction of sp³-hybridized carbons (Fsp3) is 0.375. The minimum Gasteiger partial charge on any atom is -0.378 e. The normalized spacial score (nSPS) is 19.5. The lowest BCUT2D eigenvalue weighted by atomic mass is 9.85. The standard InChI is InChI=1S/C24H26N4O2/c1-16-8-6-7-11-20(16)27-13-12-21-18(24(27)29)14-25-23-22(17-9-4-3-5-10-17)19(15-30-2)26-28(21)23/h3-5,9-10,12-14,16,20H,6-8,11,15H2,1-2H3/t16-,20+/m0/s1. The van der Waals surface area contributed by atoms with Crippen LogP contribution in [0.1, 0.15) is 44.3 Å². The maximum atomic E-state index is 13.4. The molecule has 3 heterocycles. The molecule has 1 aliphatic rings. The Morgan fingerprint density at radius 3 is 2.70 bits per heavy atom. The fourth-order valence-corrected chi connectivity index (χ4v) is 4.84. The van der Waals surface area contributed by atoms with Crippen molar-refractivity contribution in [1.82, 2.24) is 19.2 Å². The molecule has 1 aliphatic carbocycles. The fourth-order valence-electron chi connectivity index (χ4n) is 4.84. The Bertz CT molecular complexity index is 1260. The summed E-state index contributed by atoms with van der Waals surface area (Å²) in [5, 5.41) is 5.39. The summed E-state index contributed by atoms with van der Waals surface area (Å²) in [5.41, 5.74) is 4.34. The Morgan fingerprint density at radius 1 is 1.13 bits per heavy atom. The number of rotatable bonds is 4. The summed E-state index contributed by atoms with van der Waals surface area (Å²) < 4.78 is 9.10. The van der Waals surface area contributed by atoms with Crippen molar-refractivity contribution in [3.05, 3.63) is 64.8 Å². The van der Waals surface area contributed by atoms with Crippen molar-refractivity contribution in [3.8, 4) is 11.1 Å². The van der Waals surface area contributed by atoms with Gasteiger partial charge in [-0.1, -0.05) is 50.1 Å². The largest absolute Gasteiger partial charge is 0.378 e. The number of aromatic nitrogens is 4. The molecule has 5 rings (SSSR count). The lowest BCUT2D eigenvalue weighted by Crippen LogP contribution is -2.30. The van der Waals surface area contributed by atoms with Gasteiger partial charge in [0.25, 0.3) is 5.56 Å². The first kappa shape index (κ1) is 19.0. The van der Waals surface area contributed by atoms with Crippen LogP contribution in [0.4, 0.5) is 0 Å². The number of hydrogen-bond donors (Lipinski definition) is 0. The van der Waals surface area contributed by atoms with Crippen LogP contribution in [0.3, 0.4) is 0 Å². The van der Waals surface area contributed by atoms with Crippen molar-refractivity contribution >= 4 is 16.6 Å². The predicted molar refractivity (Wildman–Crippen MR) is 118 cm³/mol. The van der Waals surface area contributed by atoms with E-state index in [2.05, 4.69) is 11.9 Å². The third-order valence-electron chi connectivity index (χ3n) is 6.38. The molecule has 0 unspecified atom stereocenters. The molecule has 0 radical (unpaired) electrons.